The highest BCUT2D eigenvalue weighted by molar-refractivity contribution is 5.76. The first-order chi connectivity index (χ1) is 8.72. The molecule has 2 aromatic rings. The van der Waals surface area contributed by atoms with E-state index in [2.05, 4.69) is 29.5 Å². The summed E-state index contributed by atoms with van der Waals surface area (Å²) in [6.07, 6.45) is 0.862. The lowest BCUT2D eigenvalue weighted by Crippen LogP contribution is -2.30. The Labute approximate surface area is 106 Å². The maximum atomic E-state index is 12.1. The van der Waals surface area contributed by atoms with Crippen LogP contribution in [0, 0.1) is 0 Å². The van der Waals surface area contributed by atoms with Gasteiger partial charge in [-0.05, 0) is 32.0 Å². The van der Waals surface area contributed by atoms with Crippen LogP contribution in [0.15, 0.2) is 29.1 Å². The average molecular weight is 246 g/mol. The fourth-order valence-electron chi connectivity index (χ4n) is 1.94. The van der Waals surface area contributed by atoms with Crippen molar-refractivity contribution in [2.45, 2.75) is 32.9 Å². The smallest absolute Gasteiger partial charge is 0.277 e. The third-order valence-corrected chi connectivity index (χ3v) is 2.96. The first kappa shape index (κ1) is 12.7. The van der Waals surface area contributed by atoms with E-state index >= 15 is 0 Å². The molecule has 0 saturated heterocycles. The van der Waals surface area contributed by atoms with Crippen molar-refractivity contribution in [2.75, 3.05) is 6.54 Å². The van der Waals surface area contributed by atoms with Crippen molar-refractivity contribution in [3.05, 3.63) is 34.6 Å². The standard InChI is InChI=1S/C13H18N4O/c1-3-14-10(2)8-9-17-13(18)11-6-4-5-7-12(11)15-16-17/h4-7,10,14H,3,8-9H2,1-2H3. The lowest BCUT2D eigenvalue weighted by atomic mass is 10.2. The molecule has 0 radical (unpaired) electrons. The van der Waals surface area contributed by atoms with Gasteiger partial charge in [0.1, 0.15) is 5.52 Å². The minimum Gasteiger partial charge on any atom is -0.314 e. The molecule has 1 heterocycles. The minimum atomic E-state index is -0.0655. The molecule has 0 fully saturated rings. The van der Waals surface area contributed by atoms with E-state index < -0.39 is 0 Å². The molecular formula is C13H18N4O. The molecule has 0 aliphatic heterocycles. The van der Waals surface area contributed by atoms with Crippen LogP contribution in [0.4, 0.5) is 0 Å². The number of hydrogen-bond acceptors (Lipinski definition) is 4. The van der Waals surface area contributed by atoms with Crippen LogP contribution < -0.4 is 10.9 Å². The van der Waals surface area contributed by atoms with E-state index in [4.69, 9.17) is 0 Å². The first-order valence-electron chi connectivity index (χ1n) is 6.28. The number of hydrogen-bond donors (Lipinski definition) is 1. The summed E-state index contributed by atoms with van der Waals surface area (Å²) in [6, 6.07) is 7.66. The van der Waals surface area contributed by atoms with Gasteiger partial charge in [-0.25, -0.2) is 4.68 Å². The van der Waals surface area contributed by atoms with Gasteiger partial charge in [0, 0.05) is 12.6 Å². The Morgan fingerprint density at radius 2 is 2.17 bits per heavy atom. The number of aromatic nitrogens is 3. The number of nitrogens with one attached hydrogen (secondary N) is 1. The molecule has 0 aliphatic carbocycles. The lowest BCUT2D eigenvalue weighted by molar-refractivity contribution is 0.447. The second-order valence-electron chi connectivity index (χ2n) is 4.38. The van der Waals surface area contributed by atoms with E-state index in [9.17, 15) is 4.79 Å². The number of fused-ring (bicyclic) bond motifs is 1. The van der Waals surface area contributed by atoms with Crippen LogP contribution in [0.1, 0.15) is 20.3 Å². The molecule has 1 aromatic heterocycles. The molecule has 0 aliphatic rings. The van der Waals surface area contributed by atoms with Gasteiger partial charge in [0.25, 0.3) is 5.56 Å². The molecule has 1 atom stereocenters. The summed E-state index contributed by atoms with van der Waals surface area (Å²) in [7, 11) is 0. The largest absolute Gasteiger partial charge is 0.314 e. The summed E-state index contributed by atoms with van der Waals surface area (Å²) in [5.41, 5.74) is 0.586. The van der Waals surface area contributed by atoms with E-state index in [1.165, 1.54) is 4.68 Å². The quantitative estimate of drug-likeness (QED) is 0.860. The predicted molar refractivity (Wildman–Crippen MR) is 71.6 cm³/mol. The number of nitrogens with zero attached hydrogens (tertiary/aromatic N) is 3. The summed E-state index contributed by atoms with van der Waals surface area (Å²) in [4.78, 5) is 12.1. The number of aryl methyl sites for hydroxylation is 1. The van der Waals surface area contributed by atoms with Crippen molar-refractivity contribution in [3.8, 4) is 0 Å². The van der Waals surface area contributed by atoms with E-state index in [0.717, 1.165) is 13.0 Å². The zero-order valence-electron chi connectivity index (χ0n) is 10.8. The van der Waals surface area contributed by atoms with Gasteiger partial charge in [0.05, 0.1) is 5.39 Å². The third-order valence-electron chi connectivity index (χ3n) is 2.96. The summed E-state index contributed by atoms with van der Waals surface area (Å²) in [5, 5.41) is 12.0. The Balaban J connectivity index is 2.19. The average Bonchev–Trinajstić information content (AvgIpc) is 2.39. The monoisotopic (exact) mass is 246 g/mol. The maximum absolute atomic E-state index is 12.1. The van der Waals surface area contributed by atoms with E-state index in [-0.39, 0.29) is 5.56 Å². The van der Waals surface area contributed by atoms with Crippen LogP contribution in [0.5, 0.6) is 0 Å². The van der Waals surface area contributed by atoms with Crippen LogP contribution in [-0.2, 0) is 6.54 Å². The Morgan fingerprint density at radius 3 is 2.94 bits per heavy atom. The van der Waals surface area contributed by atoms with Crippen LogP contribution in [0.25, 0.3) is 10.9 Å². The van der Waals surface area contributed by atoms with Crippen molar-refractivity contribution < 1.29 is 0 Å². The zero-order chi connectivity index (χ0) is 13.0. The minimum absolute atomic E-state index is 0.0655. The molecule has 0 saturated carbocycles. The van der Waals surface area contributed by atoms with Gasteiger partial charge < -0.3 is 5.32 Å². The van der Waals surface area contributed by atoms with Crippen LogP contribution in [-0.4, -0.2) is 27.6 Å². The van der Waals surface area contributed by atoms with E-state index in [1.54, 1.807) is 12.1 Å². The van der Waals surface area contributed by atoms with Crippen molar-refractivity contribution >= 4 is 10.9 Å². The van der Waals surface area contributed by atoms with E-state index in [1.807, 2.05) is 12.1 Å². The van der Waals surface area contributed by atoms with Gasteiger partial charge in [-0.3, -0.25) is 4.79 Å². The fourth-order valence-corrected chi connectivity index (χ4v) is 1.94. The lowest BCUT2D eigenvalue weighted by Gasteiger charge is -2.12. The van der Waals surface area contributed by atoms with Crippen LogP contribution >= 0.6 is 0 Å². The van der Waals surface area contributed by atoms with Gasteiger partial charge in [-0.2, -0.15) is 0 Å². The van der Waals surface area contributed by atoms with Gasteiger partial charge in [0.15, 0.2) is 0 Å². The van der Waals surface area contributed by atoms with Crippen molar-refractivity contribution in [1.29, 1.82) is 0 Å². The molecule has 0 amide bonds. The highest BCUT2D eigenvalue weighted by Crippen LogP contribution is 2.03. The zero-order valence-corrected chi connectivity index (χ0v) is 10.8. The third kappa shape index (κ3) is 2.73. The van der Waals surface area contributed by atoms with Crippen LogP contribution in [0.2, 0.25) is 0 Å². The topological polar surface area (TPSA) is 59.8 Å². The second kappa shape index (κ2) is 5.73. The predicted octanol–water partition coefficient (Wildman–Crippen LogP) is 1.18. The maximum Gasteiger partial charge on any atom is 0.277 e. The molecule has 96 valence electrons. The fraction of sp³-hybridized carbons (Fsp3) is 0.462. The van der Waals surface area contributed by atoms with Gasteiger partial charge >= 0.3 is 0 Å². The molecule has 0 bridgehead atoms. The van der Waals surface area contributed by atoms with Crippen LogP contribution in [0.3, 0.4) is 0 Å². The summed E-state index contributed by atoms with van der Waals surface area (Å²) >= 11 is 0. The summed E-state index contributed by atoms with van der Waals surface area (Å²) < 4.78 is 1.44. The molecule has 0 spiro atoms. The molecular weight excluding hydrogens is 228 g/mol. The Kier molecular flexibility index (Phi) is 4.04. The number of benzene rings is 1. The van der Waals surface area contributed by atoms with Gasteiger partial charge in [0.2, 0.25) is 0 Å². The normalized spacial score (nSPS) is 12.8. The Bertz CT molecular complexity index is 578. The molecule has 2 rings (SSSR count). The van der Waals surface area contributed by atoms with Gasteiger partial charge in [-0.15, -0.1) is 5.10 Å². The summed E-state index contributed by atoms with van der Waals surface area (Å²) in [6.45, 7) is 5.69. The van der Waals surface area contributed by atoms with Gasteiger partial charge in [-0.1, -0.05) is 24.3 Å². The molecule has 1 aromatic carbocycles. The summed E-state index contributed by atoms with van der Waals surface area (Å²) in [5.74, 6) is 0. The SMILES string of the molecule is CCNC(C)CCn1nnc2ccccc2c1=O. The molecule has 18 heavy (non-hydrogen) atoms. The first-order valence-corrected chi connectivity index (χ1v) is 6.28. The number of rotatable bonds is 5. The molecule has 1 N–H and O–H groups in total. The van der Waals surface area contributed by atoms with Crippen molar-refractivity contribution in [2.24, 2.45) is 0 Å². The molecule has 5 heteroatoms. The van der Waals surface area contributed by atoms with Crippen molar-refractivity contribution in [1.82, 2.24) is 20.3 Å². The highest BCUT2D eigenvalue weighted by Gasteiger charge is 2.06. The Morgan fingerprint density at radius 1 is 1.39 bits per heavy atom. The molecule has 1 unspecified atom stereocenters. The van der Waals surface area contributed by atoms with E-state index in [0.29, 0.717) is 23.5 Å². The highest BCUT2D eigenvalue weighted by atomic mass is 16.1. The second-order valence-corrected chi connectivity index (χ2v) is 4.38. The van der Waals surface area contributed by atoms with Crippen molar-refractivity contribution in [3.63, 3.8) is 0 Å². The molecule has 5 nitrogen and oxygen atoms in total. The Hall–Kier alpha value is -1.75.